The zero-order valence-corrected chi connectivity index (χ0v) is 14.0. The standard InChI is InChI=1S/C19H20N2O4/c1-25-17-13-15(21(23)24)9-10-16(17)20-18(22)19(11-5-6-12-19)14-7-3-2-4-8-14/h2-4,7-10,13H,5-6,11-12H2,1H3,(H,20,22). The highest BCUT2D eigenvalue weighted by atomic mass is 16.6. The molecule has 6 heteroatoms. The Hall–Kier alpha value is -2.89. The first-order valence-electron chi connectivity index (χ1n) is 8.26. The van der Waals surface area contributed by atoms with Crippen LogP contribution < -0.4 is 10.1 Å². The van der Waals surface area contributed by atoms with Crippen molar-refractivity contribution in [2.45, 2.75) is 31.1 Å². The molecule has 25 heavy (non-hydrogen) atoms. The number of non-ortho nitro benzene ring substituents is 1. The monoisotopic (exact) mass is 340 g/mol. The summed E-state index contributed by atoms with van der Waals surface area (Å²) in [6.45, 7) is 0. The van der Waals surface area contributed by atoms with E-state index < -0.39 is 10.3 Å². The second kappa shape index (κ2) is 6.93. The summed E-state index contributed by atoms with van der Waals surface area (Å²) in [7, 11) is 1.43. The SMILES string of the molecule is COc1cc([N+](=O)[O-])ccc1NC(=O)C1(c2ccccc2)CCCC1. The predicted molar refractivity (Wildman–Crippen MR) is 94.9 cm³/mol. The summed E-state index contributed by atoms with van der Waals surface area (Å²) in [5, 5.41) is 13.8. The molecule has 0 aliphatic heterocycles. The van der Waals surface area contributed by atoms with Crippen LogP contribution >= 0.6 is 0 Å². The normalized spacial score (nSPS) is 15.6. The van der Waals surface area contributed by atoms with Gasteiger partial charge in [-0.1, -0.05) is 43.2 Å². The van der Waals surface area contributed by atoms with E-state index in [1.807, 2.05) is 30.3 Å². The van der Waals surface area contributed by atoms with Crippen LogP contribution in [0.4, 0.5) is 11.4 Å². The molecule has 6 nitrogen and oxygen atoms in total. The highest BCUT2D eigenvalue weighted by Gasteiger charge is 2.42. The van der Waals surface area contributed by atoms with Gasteiger partial charge in [0.2, 0.25) is 5.91 Å². The van der Waals surface area contributed by atoms with Crippen molar-refractivity contribution >= 4 is 17.3 Å². The molecule has 3 rings (SSSR count). The largest absolute Gasteiger partial charge is 0.494 e. The maximum atomic E-state index is 13.1. The van der Waals surface area contributed by atoms with E-state index in [0.29, 0.717) is 5.69 Å². The average Bonchev–Trinajstić information content (AvgIpc) is 3.13. The molecule has 1 N–H and O–H groups in total. The van der Waals surface area contributed by atoms with Crippen molar-refractivity contribution < 1.29 is 14.5 Å². The van der Waals surface area contributed by atoms with Crippen LogP contribution in [0.15, 0.2) is 48.5 Å². The van der Waals surface area contributed by atoms with Gasteiger partial charge in [-0.2, -0.15) is 0 Å². The third kappa shape index (κ3) is 3.20. The first kappa shape index (κ1) is 17.0. The zero-order chi connectivity index (χ0) is 17.9. The quantitative estimate of drug-likeness (QED) is 0.657. The van der Waals surface area contributed by atoms with E-state index in [4.69, 9.17) is 4.74 Å². The van der Waals surface area contributed by atoms with Crippen molar-refractivity contribution in [1.82, 2.24) is 0 Å². The van der Waals surface area contributed by atoms with Gasteiger partial charge in [0.05, 0.1) is 29.2 Å². The van der Waals surface area contributed by atoms with E-state index in [0.717, 1.165) is 31.2 Å². The second-order valence-corrected chi connectivity index (χ2v) is 6.25. The first-order valence-corrected chi connectivity index (χ1v) is 8.26. The Morgan fingerprint density at radius 3 is 2.44 bits per heavy atom. The number of rotatable bonds is 5. The number of hydrogen-bond donors (Lipinski definition) is 1. The number of ether oxygens (including phenoxy) is 1. The molecule has 1 saturated carbocycles. The minimum Gasteiger partial charge on any atom is -0.494 e. The zero-order valence-electron chi connectivity index (χ0n) is 14.0. The van der Waals surface area contributed by atoms with E-state index in [1.54, 1.807) is 0 Å². The van der Waals surface area contributed by atoms with Gasteiger partial charge in [-0.05, 0) is 24.5 Å². The van der Waals surface area contributed by atoms with Gasteiger partial charge < -0.3 is 10.1 Å². The Morgan fingerprint density at radius 2 is 1.84 bits per heavy atom. The summed E-state index contributed by atoms with van der Waals surface area (Å²) in [4.78, 5) is 23.5. The van der Waals surface area contributed by atoms with Crippen molar-refractivity contribution in [1.29, 1.82) is 0 Å². The van der Waals surface area contributed by atoms with Crippen LogP contribution in [0.1, 0.15) is 31.2 Å². The highest BCUT2D eigenvalue weighted by Crippen LogP contribution is 2.42. The molecule has 1 amide bonds. The summed E-state index contributed by atoms with van der Waals surface area (Å²) < 4.78 is 5.22. The Balaban J connectivity index is 1.91. The van der Waals surface area contributed by atoms with Gasteiger partial charge in [-0.25, -0.2) is 0 Å². The van der Waals surface area contributed by atoms with Gasteiger partial charge in [0.15, 0.2) is 0 Å². The molecular weight excluding hydrogens is 320 g/mol. The minimum atomic E-state index is -0.561. The van der Waals surface area contributed by atoms with Gasteiger partial charge in [-0.15, -0.1) is 0 Å². The Kier molecular flexibility index (Phi) is 4.70. The molecule has 0 atom stereocenters. The molecule has 0 spiro atoms. The molecule has 2 aromatic carbocycles. The molecule has 2 aromatic rings. The van der Waals surface area contributed by atoms with E-state index in [2.05, 4.69) is 5.32 Å². The Bertz CT molecular complexity index is 783. The molecule has 1 fully saturated rings. The lowest BCUT2D eigenvalue weighted by molar-refractivity contribution is -0.384. The van der Waals surface area contributed by atoms with Crippen LogP contribution in [0.25, 0.3) is 0 Å². The summed E-state index contributed by atoms with van der Waals surface area (Å²) in [6, 6.07) is 14.0. The molecular formula is C19H20N2O4. The van der Waals surface area contributed by atoms with Crippen molar-refractivity contribution in [3.05, 3.63) is 64.2 Å². The number of hydrogen-bond acceptors (Lipinski definition) is 4. The number of carbonyl (C=O) groups is 1. The molecule has 0 saturated heterocycles. The fourth-order valence-corrected chi connectivity index (χ4v) is 3.52. The van der Waals surface area contributed by atoms with Crippen molar-refractivity contribution in [3.8, 4) is 5.75 Å². The number of methoxy groups -OCH3 is 1. The van der Waals surface area contributed by atoms with Gasteiger partial charge in [0.25, 0.3) is 5.69 Å². The molecule has 0 heterocycles. The van der Waals surface area contributed by atoms with E-state index in [1.165, 1.54) is 25.3 Å². The molecule has 1 aliphatic carbocycles. The average molecular weight is 340 g/mol. The van der Waals surface area contributed by atoms with Crippen molar-refractivity contribution in [2.24, 2.45) is 0 Å². The maximum absolute atomic E-state index is 13.1. The summed E-state index contributed by atoms with van der Waals surface area (Å²) >= 11 is 0. The fraction of sp³-hybridized carbons (Fsp3) is 0.316. The van der Waals surface area contributed by atoms with Gasteiger partial charge in [-0.3, -0.25) is 14.9 Å². The molecule has 0 aromatic heterocycles. The maximum Gasteiger partial charge on any atom is 0.273 e. The predicted octanol–water partition coefficient (Wildman–Crippen LogP) is 4.05. The topological polar surface area (TPSA) is 81.5 Å². The van der Waals surface area contributed by atoms with Gasteiger partial charge >= 0.3 is 0 Å². The van der Waals surface area contributed by atoms with Gasteiger partial charge in [0.1, 0.15) is 5.75 Å². The van der Waals surface area contributed by atoms with Crippen LogP contribution in [0, 0.1) is 10.1 Å². The van der Waals surface area contributed by atoms with Gasteiger partial charge in [0, 0.05) is 6.07 Å². The molecule has 130 valence electrons. The number of nitro benzene ring substituents is 1. The molecule has 0 unspecified atom stereocenters. The number of amides is 1. The van der Waals surface area contributed by atoms with Crippen LogP contribution in [0.5, 0.6) is 5.75 Å². The number of anilines is 1. The number of benzene rings is 2. The van der Waals surface area contributed by atoms with E-state index in [9.17, 15) is 14.9 Å². The summed E-state index contributed by atoms with van der Waals surface area (Å²) in [5.41, 5.74) is 0.813. The second-order valence-electron chi connectivity index (χ2n) is 6.25. The summed E-state index contributed by atoms with van der Waals surface area (Å²) in [5.74, 6) is 0.187. The van der Waals surface area contributed by atoms with Crippen molar-refractivity contribution in [3.63, 3.8) is 0 Å². The molecule has 0 bridgehead atoms. The molecule has 0 radical (unpaired) electrons. The Labute approximate surface area is 146 Å². The smallest absolute Gasteiger partial charge is 0.273 e. The van der Waals surface area contributed by atoms with E-state index >= 15 is 0 Å². The lowest BCUT2D eigenvalue weighted by Crippen LogP contribution is -2.38. The fourth-order valence-electron chi connectivity index (χ4n) is 3.52. The lowest BCUT2D eigenvalue weighted by Gasteiger charge is -2.28. The minimum absolute atomic E-state index is 0.0755. The van der Waals surface area contributed by atoms with E-state index in [-0.39, 0.29) is 17.3 Å². The molecule has 1 aliphatic rings. The highest BCUT2D eigenvalue weighted by molar-refractivity contribution is 6.00. The van der Waals surface area contributed by atoms with Crippen LogP contribution in [0.3, 0.4) is 0 Å². The van der Waals surface area contributed by atoms with Crippen LogP contribution in [-0.2, 0) is 10.2 Å². The number of carbonyl (C=O) groups excluding carboxylic acids is 1. The number of nitrogens with one attached hydrogen (secondary N) is 1. The van der Waals surface area contributed by atoms with Crippen LogP contribution in [-0.4, -0.2) is 17.9 Å². The third-order valence-corrected chi connectivity index (χ3v) is 4.86. The number of nitrogens with zero attached hydrogens (tertiary/aromatic N) is 1. The third-order valence-electron chi connectivity index (χ3n) is 4.86. The Morgan fingerprint density at radius 1 is 1.16 bits per heavy atom. The number of nitro groups is 1. The first-order chi connectivity index (χ1) is 12.1. The van der Waals surface area contributed by atoms with Crippen molar-refractivity contribution in [2.75, 3.05) is 12.4 Å². The summed E-state index contributed by atoms with van der Waals surface area (Å²) in [6.07, 6.45) is 3.58. The van der Waals surface area contributed by atoms with Crippen LogP contribution in [0.2, 0.25) is 0 Å². The lowest BCUT2D eigenvalue weighted by atomic mass is 9.78.